The Labute approximate surface area is 107 Å². The van der Waals surface area contributed by atoms with Gasteiger partial charge in [0.15, 0.2) is 0 Å². The standard InChI is InChI=1S/C9H17NO2.C3H8.C2H6/c1-6(2)4-8(7(3)11)5-9(10)12;1-3-2;1-2/h6,8H,4-5H2,1-3H3,(H2,10,12);3H2,1-2H3;1-2H3. The lowest BCUT2D eigenvalue weighted by molar-refractivity contribution is -0.126. The van der Waals surface area contributed by atoms with Gasteiger partial charge in [0.05, 0.1) is 0 Å². The van der Waals surface area contributed by atoms with Gasteiger partial charge in [-0.15, -0.1) is 0 Å². The molecule has 3 heteroatoms. The summed E-state index contributed by atoms with van der Waals surface area (Å²) in [5.41, 5.74) is 5.02. The van der Waals surface area contributed by atoms with Crippen molar-refractivity contribution in [2.75, 3.05) is 0 Å². The van der Waals surface area contributed by atoms with Crippen molar-refractivity contribution in [3.05, 3.63) is 0 Å². The average molecular weight is 245 g/mol. The first-order valence-electron chi connectivity index (χ1n) is 6.63. The topological polar surface area (TPSA) is 60.2 Å². The molecule has 1 atom stereocenters. The summed E-state index contributed by atoms with van der Waals surface area (Å²) < 4.78 is 0. The molecule has 0 saturated carbocycles. The molecule has 17 heavy (non-hydrogen) atoms. The fourth-order valence-corrected chi connectivity index (χ4v) is 1.20. The Bertz CT molecular complexity index is 189. The number of primary amides is 1. The summed E-state index contributed by atoms with van der Waals surface area (Å²) in [5, 5.41) is 0. The van der Waals surface area contributed by atoms with Gasteiger partial charge in [-0.3, -0.25) is 9.59 Å². The van der Waals surface area contributed by atoms with Gasteiger partial charge in [-0.1, -0.05) is 48.0 Å². The summed E-state index contributed by atoms with van der Waals surface area (Å²) in [4.78, 5) is 21.6. The fourth-order valence-electron chi connectivity index (χ4n) is 1.20. The van der Waals surface area contributed by atoms with E-state index in [2.05, 4.69) is 13.8 Å². The molecule has 2 N–H and O–H groups in total. The molecule has 3 nitrogen and oxygen atoms in total. The molecule has 0 aliphatic heterocycles. The van der Waals surface area contributed by atoms with Gasteiger partial charge in [0.2, 0.25) is 5.91 Å². The third-order valence-electron chi connectivity index (χ3n) is 1.78. The molecule has 0 radical (unpaired) electrons. The first kappa shape index (κ1) is 21.4. The number of nitrogens with two attached hydrogens (primary N) is 1. The highest BCUT2D eigenvalue weighted by Gasteiger charge is 2.17. The summed E-state index contributed by atoms with van der Waals surface area (Å²) in [7, 11) is 0. The molecular formula is C14H31NO2. The van der Waals surface area contributed by atoms with E-state index >= 15 is 0 Å². The van der Waals surface area contributed by atoms with Crippen LogP contribution in [-0.4, -0.2) is 11.7 Å². The predicted molar refractivity (Wildman–Crippen MR) is 74.8 cm³/mol. The Kier molecular flexibility index (Phi) is 19.1. The monoisotopic (exact) mass is 245 g/mol. The van der Waals surface area contributed by atoms with Crippen LogP contribution in [0.5, 0.6) is 0 Å². The molecule has 0 aromatic carbocycles. The van der Waals surface area contributed by atoms with Crippen molar-refractivity contribution in [1.29, 1.82) is 0 Å². The first-order chi connectivity index (χ1) is 7.84. The smallest absolute Gasteiger partial charge is 0.218 e. The van der Waals surface area contributed by atoms with Crippen molar-refractivity contribution in [1.82, 2.24) is 0 Å². The zero-order valence-corrected chi connectivity index (χ0v) is 12.7. The molecule has 0 heterocycles. The minimum absolute atomic E-state index is 0.0579. The van der Waals surface area contributed by atoms with E-state index in [0.29, 0.717) is 5.92 Å². The zero-order chi connectivity index (χ0) is 14.4. The summed E-state index contributed by atoms with van der Waals surface area (Å²) in [6.45, 7) is 13.8. The lowest BCUT2D eigenvalue weighted by Crippen LogP contribution is -2.22. The highest BCUT2D eigenvalue weighted by Crippen LogP contribution is 2.15. The summed E-state index contributed by atoms with van der Waals surface area (Å²) in [6, 6.07) is 0. The van der Waals surface area contributed by atoms with Crippen molar-refractivity contribution < 1.29 is 9.59 Å². The van der Waals surface area contributed by atoms with E-state index in [4.69, 9.17) is 5.73 Å². The normalized spacial score (nSPS) is 10.6. The summed E-state index contributed by atoms with van der Waals surface area (Å²) >= 11 is 0. The van der Waals surface area contributed by atoms with Crippen molar-refractivity contribution in [2.45, 2.75) is 67.7 Å². The van der Waals surface area contributed by atoms with Gasteiger partial charge >= 0.3 is 0 Å². The van der Waals surface area contributed by atoms with Crippen LogP contribution in [0, 0.1) is 11.8 Å². The van der Waals surface area contributed by atoms with Crippen LogP contribution >= 0.6 is 0 Å². The molecule has 0 aromatic heterocycles. The quantitative estimate of drug-likeness (QED) is 0.805. The molecule has 0 aromatic rings. The van der Waals surface area contributed by atoms with Gasteiger partial charge in [0.1, 0.15) is 5.78 Å². The number of hydrogen-bond donors (Lipinski definition) is 1. The van der Waals surface area contributed by atoms with E-state index in [1.165, 1.54) is 13.3 Å². The van der Waals surface area contributed by atoms with Crippen LogP contribution in [0.2, 0.25) is 0 Å². The molecule has 0 bridgehead atoms. The van der Waals surface area contributed by atoms with Crippen molar-refractivity contribution >= 4 is 11.7 Å². The minimum atomic E-state index is -0.393. The van der Waals surface area contributed by atoms with Crippen LogP contribution in [0.25, 0.3) is 0 Å². The van der Waals surface area contributed by atoms with Crippen molar-refractivity contribution in [2.24, 2.45) is 17.6 Å². The Morgan fingerprint density at radius 1 is 1.12 bits per heavy atom. The highest BCUT2D eigenvalue weighted by molar-refractivity contribution is 5.84. The lowest BCUT2D eigenvalue weighted by Gasteiger charge is -2.13. The number of rotatable bonds is 5. The van der Waals surface area contributed by atoms with Gasteiger partial charge in [-0.05, 0) is 19.3 Å². The second-order valence-corrected chi connectivity index (χ2v) is 4.31. The van der Waals surface area contributed by atoms with Gasteiger partial charge in [0, 0.05) is 12.3 Å². The van der Waals surface area contributed by atoms with E-state index in [0.717, 1.165) is 6.42 Å². The molecule has 0 rings (SSSR count). The second-order valence-electron chi connectivity index (χ2n) is 4.31. The van der Waals surface area contributed by atoms with E-state index in [1.807, 2.05) is 27.7 Å². The summed E-state index contributed by atoms with van der Waals surface area (Å²) in [6.07, 6.45) is 2.19. The maximum absolute atomic E-state index is 11.0. The Morgan fingerprint density at radius 2 is 1.47 bits per heavy atom. The maximum atomic E-state index is 11.0. The Balaban J connectivity index is -0.000000337. The highest BCUT2D eigenvalue weighted by atomic mass is 16.1. The van der Waals surface area contributed by atoms with Crippen molar-refractivity contribution in [3.8, 4) is 0 Å². The van der Waals surface area contributed by atoms with Crippen LogP contribution in [0.1, 0.15) is 67.7 Å². The fraction of sp³-hybridized carbons (Fsp3) is 0.857. The molecular weight excluding hydrogens is 214 g/mol. The van der Waals surface area contributed by atoms with E-state index in [-0.39, 0.29) is 18.1 Å². The lowest BCUT2D eigenvalue weighted by atomic mass is 9.91. The first-order valence-corrected chi connectivity index (χ1v) is 6.63. The molecule has 1 unspecified atom stereocenters. The molecule has 0 spiro atoms. The number of Topliss-reactive ketones (excluding diaryl/α,β-unsaturated/α-hetero) is 1. The van der Waals surface area contributed by atoms with E-state index in [1.54, 1.807) is 0 Å². The second kappa shape index (κ2) is 15.1. The molecule has 0 saturated heterocycles. The predicted octanol–water partition coefficient (Wildman–Crippen LogP) is 3.56. The average Bonchev–Trinajstić information content (AvgIpc) is 2.19. The van der Waals surface area contributed by atoms with Gasteiger partial charge < -0.3 is 5.73 Å². The molecule has 0 aliphatic rings. The maximum Gasteiger partial charge on any atom is 0.218 e. The number of carbonyl (C=O) groups excluding carboxylic acids is 2. The third kappa shape index (κ3) is 21.1. The van der Waals surface area contributed by atoms with Crippen LogP contribution in [0.15, 0.2) is 0 Å². The van der Waals surface area contributed by atoms with Gasteiger partial charge in [0.25, 0.3) is 0 Å². The molecule has 1 amide bonds. The SMILES string of the molecule is CC.CC(=O)C(CC(N)=O)CC(C)C.CCC. The third-order valence-corrected chi connectivity index (χ3v) is 1.78. The van der Waals surface area contributed by atoms with Gasteiger partial charge in [-0.25, -0.2) is 0 Å². The Hall–Kier alpha value is -0.860. The largest absolute Gasteiger partial charge is 0.370 e. The van der Waals surface area contributed by atoms with Crippen LogP contribution in [-0.2, 0) is 9.59 Å². The van der Waals surface area contributed by atoms with Crippen LogP contribution < -0.4 is 5.73 Å². The number of hydrogen-bond acceptors (Lipinski definition) is 2. The van der Waals surface area contributed by atoms with Crippen molar-refractivity contribution in [3.63, 3.8) is 0 Å². The minimum Gasteiger partial charge on any atom is -0.370 e. The molecule has 0 fully saturated rings. The number of carbonyl (C=O) groups is 2. The van der Waals surface area contributed by atoms with E-state index < -0.39 is 5.91 Å². The van der Waals surface area contributed by atoms with E-state index in [9.17, 15) is 9.59 Å². The molecule has 0 aliphatic carbocycles. The zero-order valence-electron chi connectivity index (χ0n) is 12.7. The summed E-state index contributed by atoms with van der Waals surface area (Å²) in [5.74, 6) is -0.0842. The van der Waals surface area contributed by atoms with Crippen LogP contribution in [0.3, 0.4) is 0 Å². The number of amides is 1. The van der Waals surface area contributed by atoms with Crippen LogP contribution in [0.4, 0.5) is 0 Å². The number of ketones is 1. The molecule has 104 valence electrons. The van der Waals surface area contributed by atoms with Gasteiger partial charge in [-0.2, -0.15) is 0 Å². The Morgan fingerprint density at radius 3 is 1.65 bits per heavy atom.